The third kappa shape index (κ3) is 5.16. The van der Waals surface area contributed by atoms with E-state index in [1.165, 1.54) is 11.0 Å². The maximum Gasteiger partial charge on any atom is 0.407 e. The van der Waals surface area contributed by atoms with Crippen molar-refractivity contribution < 1.29 is 19.1 Å². The number of benzene rings is 1. The standard InChI is InChI=1S/C26H31ClFN5O3/c1-15-12-33(25(35)36)16(2)11-32(15)24-18-10-19(27)22(17-8-6-7-9-20(17)28)30-23(18)31(13-21(34)29-24)14-26(3,4)5/h6-10,15-16H,11-14H2,1-5H3,(H,35,36)/t15-,16+/m0/s1. The number of aromatic nitrogens is 1. The second-order valence-electron chi connectivity index (χ2n) is 10.7. The smallest absolute Gasteiger partial charge is 0.407 e. The number of carboxylic acid groups (broad SMARTS) is 1. The van der Waals surface area contributed by atoms with E-state index in [0.717, 1.165) is 0 Å². The normalized spacial score (nSPS) is 20.7. The molecule has 1 aromatic carbocycles. The molecule has 2 aliphatic rings. The molecule has 192 valence electrons. The van der Waals surface area contributed by atoms with Crippen LogP contribution in [0.1, 0.15) is 40.2 Å². The summed E-state index contributed by atoms with van der Waals surface area (Å²) in [4.78, 5) is 39.2. The minimum atomic E-state index is -0.983. The first-order valence-corrected chi connectivity index (χ1v) is 12.3. The molecule has 0 unspecified atom stereocenters. The van der Waals surface area contributed by atoms with Gasteiger partial charge in [-0.15, -0.1) is 0 Å². The average Bonchev–Trinajstić information content (AvgIpc) is 2.89. The first kappa shape index (κ1) is 25.9. The SMILES string of the molecule is C[C@@H]1CN(C2=NC(=O)CN(CC(C)(C)C)c3nc(-c4ccccc4F)c(Cl)cc32)[C@@H](C)CN1C(=O)O. The fourth-order valence-corrected chi connectivity index (χ4v) is 5.04. The Bertz CT molecular complexity index is 1230. The molecule has 1 aromatic heterocycles. The fourth-order valence-electron chi connectivity index (χ4n) is 4.79. The van der Waals surface area contributed by atoms with Crippen molar-refractivity contribution >= 4 is 35.3 Å². The number of pyridine rings is 1. The van der Waals surface area contributed by atoms with Gasteiger partial charge in [0.15, 0.2) is 0 Å². The molecule has 2 amide bonds. The van der Waals surface area contributed by atoms with Gasteiger partial charge in [-0.1, -0.05) is 44.5 Å². The van der Waals surface area contributed by atoms with E-state index in [4.69, 9.17) is 16.6 Å². The van der Waals surface area contributed by atoms with Crippen LogP contribution < -0.4 is 4.90 Å². The number of fused-ring (bicyclic) bond motifs is 1. The highest BCUT2D eigenvalue weighted by atomic mass is 35.5. The summed E-state index contributed by atoms with van der Waals surface area (Å²) < 4.78 is 14.7. The van der Waals surface area contributed by atoms with E-state index in [2.05, 4.69) is 25.8 Å². The van der Waals surface area contributed by atoms with Crippen molar-refractivity contribution in [2.75, 3.05) is 31.1 Å². The molecule has 0 spiro atoms. The van der Waals surface area contributed by atoms with Gasteiger partial charge in [-0.2, -0.15) is 4.99 Å². The minimum absolute atomic E-state index is 0.0120. The van der Waals surface area contributed by atoms with E-state index in [1.807, 2.05) is 23.6 Å². The molecule has 10 heteroatoms. The number of halogens is 2. The highest BCUT2D eigenvalue weighted by Crippen LogP contribution is 2.36. The molecular formula is C26H31ClFN5O3. The van der Waals surface area contributed by atoms with Crippen LogP contribution in [0.15, 0.2) is 35.3 Å². The molecule has 0 aliphatic carbocycles. The van der Waals surface area contributed by atoms with Crippen LogP contribution in [-0.2, 0) is 4.79 Å². The van der Waals surface area contributed by atoms with Gasteiger partial charge in [0.2, 0.25) is 0 Å². The highest BCUT2D eigenvalue weighted by Gasteiger charge is 2.37. The lowest BCUT2D eigenvalue weighted by Gasteiger charge is -2.44. The molecule has 4 rings (SSSR count). The van der Waals surface area contributed by atoms with E-state index in [1.54, 1.807) is 24.3 Å². The summed E-state index contributed by atoms with van der Waals surface area (Å²) in [5.74, 6) is 0.124. The predicted molar refractivity (Wildman–Crippen MR) is 138 cm³/mol. The van der Waals surface area contributed by atoms with E-state index >= 15 is 0 Å². The number of hydrogen-bond acceptors (Lipinski definition) is 5. The number of hydrogen-bond donors (Lipinski definition) is 1. The van der Waals surface area contributed by atoms with Crippen molar-refractivity contribution in [2.45, 2.75) is 46.7 Å². The molecule has 2 aliphatic heterocycles. The predicted octanol–water partition coefficient (Wildman–Crippen LogP) is 4.75. The van der Waals surface area contributed by atoms with Crippen molar-refractivity contribution in [1.82, 2.24) is 14.8 Å². The summed E-state index contributed by atoms with van der Waals surface area (Å²) in [6, 6.07) is 7.44. The quantitative estimate of drug-likeness (QED) is 0.620. The Morgan fingerprint density at radius 1 is 1.17 bits per heavy atom. The topological polar surface area (TPSA) is 89.3 Å². The molecular weight excluding hydrogens is 485 g/mol. The Kier molecular flexibility index (Phi) is 6.96. The number of nitrogens with zero attached hydrogens (tertiary/aromatic N) is 5. The van der Waals surface area contributed by atoms with Crippen LogP contribution in [0.25, 0.3) is 11.3 Å². The van der Waals surface area contributed by atoms with Crippen LogP contribution in [-0.4, -0.2) is 76.0 Å². The lowest BCUT2D eigenvalue weighted by Crippen LogP contribution is -2.59. The molecule has 1 N–H and O–H groups in total. The van der Waals surface area contributed by atoms with Gasteiger partial charge in [-0.05, 0) is 37.5 Å². The third-order valence-corrected chi connectivity index (χ3v) is 6.64. The van der Waals surface area contributed by atoms with Crippen LogP contribution in [0.5, 0.6) is 0 Å². The second kappa shape index (κ2) is 9.69. The first-order valence-electron chi connectivity index (χ1n) is 11.9. The van der Waals surface area contributed by atoms with Gasteiger partial charge < -0.3 is 19.8 Å². The zero-order valence-corrected chi connectivity index (χ0v) is 21.9. The van der Waals surface area contributed by atoms with E-state index in [0.29, 0.717) is 36.0 Å². The summed E-state index contributed by atoms with van der Waals surface area (Å²) in [7, 11) is 0. The zero-order valence-electron chi connectivity index (χ0n) is 21.1. The second-order valence-corrected chi connectivity index (χ2v) is 11.1. The number of piperazine rings is 1. The summed E-state index contributed by atoms with van der Waals surface area (Å²) in [5.41, 5.74) is 0.958. The molecule has 36 heavy (non-hydrogen) atoms. The van der Waals surface area contributed by atoms with Crippen molar-refractivity contribution in [3.8, 4) is 11.3 Å². The van der Waals surface area contributed by atoms with Crippen LogP contribution in [0.3, 0.4) is 0 Å². The number of aliphatic imine (C=N–C) groups is 1. The maximum absolute atomic E-state index is 14.7. The number of anilines is 1. The average molecular weight is 516 g/mol. The van der Waals surface area contributed by atoms with Gasteiger partial charge in [-0.3, -0.25) is 4.79 Å². The lowest BCUT2D eigenvalue weighted by atomic mass is 9.95. The molecule has 0 bridgehead atoms. The monoisotopic (exact) mass is 515 g/mol. The van der Waals surface area contributed by atoms with E-state index < -0.39 is 11.9 Å². The summed E-state index contributed by atoms with van der Waals surface area (Å²) in [6.45, 7) is 11.0. The Morgan fingerprint density at radius 3 is 2.50 bits per heavy atom. The Hall–Kier alpha value is -3.20. The number of amides is 2. The number of carbonyl (C=O) groups is 2. The number of carbonyl (C=O) groups excluding carboxylic acids is 1. The first-order chi connectivity index (χ1) is 16.9. The molecule has 3 heterocycles. The molecule has 1 saturated heterocycles. The van der Waals surface area contributed by atoms with Gasteiger partial charge in [0, 0.05) is 37.3 Å². The summed E-state index contributed by atoms with van der Waals surface area (Å²) >= 11 is 6.68. The number of rotatable bonds is 2. The van der Waals surface area contributed by atoms with Gasteiger partial charge in [0.05, 0.1) is 16.3 Å². The molecule has 1 fully saturated rings. The molecule has 2 aromatic rings. The van der Waals surface area contributed by atoms with Gasteiger partial charge in [0.25, 0.3) is 5.91 Å². The van der Waals surface area contributed by atoms with Crippen molar-refractivity contribution in [3.05, 3.63) is 46.7 Å². The largest absolute Gasteiger partial charge is 0.465 e. The Balaban J connectivity index is 1.87. The van der Waals surface area contributed by atoms with E-state index in [9.17, 15) is 19.1 Å². The van der Waals surface area contributed by atoms with Crippen LogP contribution in [0.2, 0.25) is 5.02 Å². The highest BCUT2D eigenvalue weighted by molar-refractivity contribution is 6.33. The Morgan fingerprint density at radius 2 is 1.86 bits per heavy atom. The van der Waals surface area contributed by atoms with Crippen LogP contribution >= 0.6 is 11.6 Å². The van der Waals surface area contributed by atoms with Gasteiger partial charge in [0.1, 0.15) is 24.0 Å². The molecule has 0 saturated carbocycles. The van der Waals surface area contributed by atoms with Crippen molar-refractivity contribution in [3.63, 3.8) is 0 Å². The molecule has 2 atom stereocenters. The molecule has 0 radical (unpaired) electrons. The summed E-state index contributed by atoms with van der Waals surface area (Å²) in [5, 5.41) is 9.80. The molecule has 8 nitrogen and oxygen atoms in total. The zero-order chi connectivity index (χ0) is 26.4. The van der Waals surface area contributed by atoms with Crippen LogP contribution in [0, 0.1) is 11.2 Å². The van der Waals surface area contributed by atoms with Crippen LogP contribution in [0.4, 0.5) is 15.0 Å². The Labute approximate surface area is 215 Å². The lowest BCUT2D eigenvalue weighted by molar-refractivity contribution is -0.116. The fraction of sp³-hybridized carbons (Fsp3) is 0.462. The maximum atomic E-state index is 14.7. The minimum Gasteiger partial charge on any atom is -0.465 e. The third-order valence-electron chi connectivity index (χ3n) is 6.35. The van der Waals surface area contributed by atoms with Gasteiger partial charge in [-0.25, -0.2) is 14.2 Å². The van der Waals surface area contributed by atoms with Crippen molar-refractivity contribution in [2.24, 2.45) is 10.4 Å². The number of amidine groups is 1. The van der Waals surface area contributed by atoms with Gasteiger partial charge >= 0.3 is 6.09 Å². The van der Waals surface area contributed by atoms with Crippen molar-refractivity contribution in [1.29, 1.82) is 0 Å². The van der Waals surface area contributed by atoms with E-state index in [-0.39, 0.29) is 47.1 Å². The summed E-state index contributed by atoms with van der Waals surface area (Å²) in [6.07, 6.45) is -0.983.